The lowest BCUT2D eigenvalue weighted by Crippen LogP contribution is -2.34. The lowest BCUT2D eigenvalue weighted by atomic mass is 10.2. The van der Waals surface area contributed by atoms with Crippen molar-refractivity contribution in [2.45, 2.75) is 13.8 Å². The van der Waals surface area contributed by atoms with Gasteiger partial charge in [-0.15, -0.1) is 0 Å². The topological polar surface area (TPSA) is 73.6 Å². The Hall–Kier alpha value is -0.650. The van der Waals surface area contributed by atoms with Crippen LogP contribution in [0.4, 0.5) is 0 Å². The summed E-state index contributed by atoms with van der Waals surface area (Å²) in [5.74, 6) is 0.198. The second-order valence-corrected chi connectivity index (χ2v) is 3.39. The molecule has 0 spiro atoms. The average molecular weight is 218 g/mol. The largest absolute Gasteiger partial charge is 0.379 e. The molecular formula is C10H22N2O3. The summed E-state index contributed by atoms with van der Waals surface area (Å²) >= 11 is 0. The third-order valence-corrected chi connectivity index (χ3v) is 1.86. The van der Waals surface area contributed by atoms with E-state index in [4.69, 9.17) is 15.2 Å². The van der Waals surface area contributed by atoms with Crippen molar-refractivity contribution >= 4 is 5.91 Å². The summed E-state index contributed by atoms with van der Waals surface area (Å²) < 4.78 is 10.2. The number of amides is 1. The van der Waals surface area contributed by atoms with Crippen LogP contribution in [-0.2, 0) is 14.3 Å². The molecule has 1 unspecified atom stereocenters. The molecule has 5 nitrogen and oxygen atoms in total. The van der Waals surface area contributed by atoms with Gasteiger partial charge in [-0.05, 0) is 19.4 Å². The lowest BCUT2D eigenvalue weighted by molar-refractivity contribution is -0.126. The van der Waals surface area contributed by atoms with Crippen molar-refractivity contribution in [3.63, 3.8) is 0 Å². The van der Waals surface area contributed by atoms with E-state index in [1.807, 2.05) is 13.8 Å². The van der Waals surface area contributed by atoms with Crippen molar-refractivity contribution in [1.29, 1.82) is 0 Å². The first kappa shape index (κ1) is 14.3. The Morgan fingerprint density at radius 1 is 1.40 bits per heavy atom. The number of nitrogens with one attached hydrogen (secondary N) is 1. The minimum Gasteiger partial charge on any atom is -0.379 e. The average Bonchev–Trinajstić information content (AvgIpc) is 2.25. The highest BCUT2D eigenvalue weighted by atomic mass is 16.5. The van der Waals surface area contributed by atoms with E-state index in [2.05, 4.69) is 5.32 Å². The van der Waals surface area contributed by atoms with Crippen LogP contribution in [0, 0.1) is 5.92 Å². The molecule has 0 rings (SSSR count). The third kappa shape index (κ3) is 9.65. The van der Waals surface area contributed by atoms with Crippen LogP contribution in [0.1, 0.15) is 13.8 Å². The number of hydrogen-bond acceptors (Lipinski definition) is 4. The summed E-state index contributed by atoms with van der Waals surface area (Å²) in [5, 5.41) is 2.74. The van der Waals surface area contributed by atoms with Gasteiger partial charge in [-0.2, -0.15) is 0 Å². The van der Waals surface area contributed by atoms with Crippen molar-refractivity contribution in [1.82, 2.24) is 5.32 Å². The number of rotatable bonds is 9. The lowest BCUT2D eigenvalue weighted by Gasteiger charge is -2.10. The van der Waals surface area contributed by atoms with E-state index in [-0.39, 0.29) is 12.5 Å². The molecule has 0 aromatic carbocycles. The maximum Gasteiger partial charge on any atom is 0.246 e. The van der Waals surface area contributed by atoms with Crippen molar-refractivity contribution in [3.05, 3.63) is 0 Å². The zero-order valence-electron chi connectivity index (χ0n) is 9.62. The molecule has 0 aromatic rings. The van der Waals surface area contributed by atoms with E-state index in [0.717, 1.165) is 0 Å². The molecule has 1 amide bonds. The minimum atomic E-state index is -0.105. The number of carbonyl (C=O) groups is 1. The first-order valence-electron chi connectivity index (χ1n) is 5.33. The summed E-state index contributed by atoms with van der Waals surface area (Å²) in [6, 6.07) is 0. The Balaban J connectivity index is 3.26. The second-order valence-electron chi connectivity index (χ2n) is 3.39. The van der Waals surface area contributed by atoms with Crippen LogP contribution < -0.4 is 11.1 Å². The van der Waals surface area contributed by atoms with E-state index in [1.165, 1.54) is 0 Å². The molecule has 90 valence electrons. The number of nitrogens with two attached hydrogens (primary N) is 1. The van der Waals surface area contributed by atoms with Crippen LogP contribution in [0.5, 0.6) is 0 Å². The zero-order chi connectivity index (χ0) is 11.5. The van der Waals surface area contributed by atoms with Gasteiger partial charge in [0, 0.05) is 13.2 Å². The van der Waals surface area contributed by atoms with Gasteiger partial charge in [-0.25, -0.2) is 0 Å². The molecule has 0 bridgehead atoms. The molecule has 5 heteroatoms. The molecule has 0 radical (unpaired) electrons. The second kappa shape index (κ2) is 9.89. The maximum absolute atomic E-state index is 11.2. The molecule has 0 aliphatic carbocycles. The highest BCUT2D eigenvalue weighted by molar-refractivity contribution is 5.77. The van der Waals surface area contributed by atoms with Gasteiger partial charge in [-0.1, -0.05) is 6.92 Å². The van der Waals surface area contributed by atoms with Crippen LogP contribution in [0.25, 0.3) is 0 Å². The van der Waals surface area contributed by atoms with E-state index in [0.29, 0.717) is 38.8 Å². The normalized spacial score (nSPS) is 12.5. The molecule has 1 atom stereocenters. The fourth-order valence-corrected chi connectivity index (χ4v) is 0.849. The molecule has 0 aliphatic rings. The fraction of sp³-hybridized carbons (Fsp3) is 0.900. The molecule has 0 aliphatic heterocycles. The summed E-state index contributed by atoms with van der Waals surface area (Å²) in [6.07, 6.45) is 0. The van der Waals surface area contributed by atoms with E-state index in [1.54, 1.807) is 0 Å². The van der Waals surface area contributed by atoms with Crippen LogP contribution in [0.15, 0.2) is 0 Å². The summed E-state index contributed by atoms with van der Waals surface area (Å²) in [4.78, 5) is 11.2. The molecule has 3 N–H and O–H groups in total. The standard InChI is InChI=1S/C10H22N2O3/c1-3-14-4-5-15-8-10(13)12-7-9(2)6-11/h9H,3-8,11H2,1-2H3,(H,12,13). The first-order valence-corrected chi connectivity index (χ1v) is 5.33. The van der Waals surface area contributed by atoms with E-state index < -0.39 is 0 Å². The number of ether oxygens (including phenoxy) is 2. The highest BCUT2D eigenvalue weighted by Crippen LogP contribution is 1.87. The Morgan fingerprint density at radius 3 is 2.67 bits per heavy atom. The van der Waals surface area contributed by atoms with Crippen LogP contribution in [0.2, 0.25) is 0 Å². The Morgan fingerprint density at radius 2 is 2.07 bits per heavy atom. The molecule has 0 aromatic heterocycles. The molecule has 15 heavy (non-hydrogen) atoms. The van der Waals surface area contributed by atoms with Gasteiger partial charge < -0.3 is 20.5 Å². The summed E-state index contributed by atoms with van der Waals surface area (Å²) in [6.45, 7) is 6.82. The van der Waals surface area contributed by atoms with Gasteiger partial charge in [0.1, 0.15) is 6.61 Å². The maximum atomic E-state index is 11.2. The predicted octanol–water partition coefficient (Wildman–Crippen LogP) is -0.249. The Kier molecular flexibility index (Phi) is 9.46. The molecule has 0 heterocycles. The minimum absolute atomic E-state index is 0.0877. The summed E-state index contributed by atoms with van der Waals surface area (Å²) in [7, 11) is 0. The zero-order valence-corrected chi connectivity index (χ0v) is 9.62. The van der Waals surface area contributed by atoms with Crippen molar-refractivity contribution in [2.24, 2.45) is 11.7 Å². The molecule has 0 saturated heterocycles. The predicted molar refractivity (Wildman–Crippen MR) is 58.5 cm³/mol. The van der Waals surface area contributed by atoms with Crippen LogP contribution in [0.3, 0.4) is 0 Å². The third-order valence-electron chi connectivity index (χ3n) is 1.86. The van der Waals surface area contributed by atoms with Gasteiger partial charge >= 0.3 is 0 Å². The van der Waals surface area contributed by atoms with Gasteiger partial charge in [0.15, 0.2) is 0 Å². The van der Waals surface area contributed by atoms with Crippen molar-refractivity contribution in [2.75, 3.05) is 39.5 Å². The highest BCUT2D eigenvalue weighted by Gasteiger charge is 2.03. The number of hydrogen-bond donors (Lipinski definition) is 2. The first-order chi connectivity index (χ1) is 7.20. The van der Waals surface area contributed by atoms with Gasteiger partial charge in [0.05, 0.1) is 13.2 Å². The fourth-order valence-electron chi connectivity index (χ4n) is 0.849. The Labute approximate surface area is 91.3 Å². The number of carbonyl (C=O) groups excluding carboxylic acids is 1. The van der Waals surface area contributed by atoms with Crippen LogP contribution >= 0.6 is 0 Å². The summed E-state index contributed by atoms with van der Waals surface area (Å²) in [5.41, 5.74) is 5.41. The van der Waals surface area contributed by atoms with Gasteiger partial charge in [0.2, 0.25) is 5.91 Å². The Bertz CT molecular complexity index is 165. The van der Waals surface area contributed by atoms with Gasteiger partial charge in [-0.3, -0.25) is 4.79 Å². The van der Waals surface area contributed by atoms with Crippen molar-refractivity contribution in [3.8, 4) is 0 Å². The molecular weight excluding hydrogens is 196 g/mol. The quantitative estimate of drug-likeness (QED) is 0.523. The van der Waals surface area contributed by atoms with Gasteiger partial charge in [0.25, 0.3) is 0 Å². The van der Waals surface area contributed by atoms with E-state index >= 15 is 0 Å². The van der Waals surface area contributed by atoms with Crippen LogP contribution in [-0.4, -0.2) is 45.4 Å². The SMILES string of the molecule is CCOCCOCC(=O)NCC(C)CN. The molecule has 0 fully saturated rings. The molecule has 0 saturated carbocycles. The monoisotopic (exact) mass is 218 g/mol. The van der Waals surface area contributed by atoms with Crippen molar-refractivity contribution < 1.29 is 14.3 Å². The smallest absolute Gasteiger partial charge is 0.246 e. The van der Waals surface area contributed by atoms with E-state index in [9.17, 15) is 4.79 Å².